The molecule has 0 aromatic carbocycles. The Kier molecular flexibility index (Phi) is 3.19. The van der Waals surface area contributed by atoms with Crippen LogP contribution in [0, 0.1) is 19.8 Å². The number of thiol groups is 1. The van der Waals surface area contributed by atoms with E-state index < -0.39 is 0 Å². The Hall–Kier alpha value is -1.03. The van der Waals surface area contributed by atoms with Crippen LogP contribution in [0.3, 0.4) is 0 Å². The van der Waals surface area contributed by atoms with Crippen molar-refractivity contribution in [1.29, 1.82) is 0 Å². The van der Waals surface area contributed by atoms with E-state index in [9.17, 15) is 4.79 Å². The summed E-state index contributed by atoms with van der Waals surface area (Å²) < 4.78 is 0. The van der Waals surface area contributed by atoms with Crippen molar-refractivity contribution in [3.05, 3.63) is 23.5 Å². The largest absolute Gasteiger partial charge is 0.310 e. The highest BCUT2D eigenvalue weighted by atomic mass is 32.1. The van der Waals surface area contributed by atoms with Crippen LogP contribution in [0.2, 0.25) is 0 Å². The average Bonchev–Trinajstić information content (AvgIpc) is 2.60. The summed E-state index contributed by atoms with van der Waals surface area (Å²) in [6.45, 7) is 4.74. The molecule has 1 aromatic heterocycles. The highest BCUT2D eigenvalue weighted by molar-refractivity contribution is 7.80. The molecule has 1 aromatic rings. The molecule has 1 amide bonds. The Morgan fingerprint density at radius 2 is 2.31 bits per heavy atom. The summed E-state index contributed by atoms with van der Waals surface area (Å²) in [5, 5.41) is 0. The smallest absolute Gasteiger partial charge is 0.227 e. The van der Waals surface area contributed by atoms with E-state index in [1.165, 1.54) is 0 Å². The first-order valence-electron chi connectivity index (χ1n) is 5.47. The monoisotopic (exact) mass is 236 g/mol. The molecular formula is C12H16N2OS. The molecule has 2 rings (SSSR count). The zero-order chi connectivity index (χ0) is 11.7. The van der Waals surface area contributed by atoms with Crippen LogP contribution in [0.15, 0.2) is 12.3 Å². The molecule has 3 nitrogen and oxygen atoms in total. The van der Waals surface area contributed by atoms with Crippen LogP contribution in [0.4, 0.5) is 5.69 Å². The maximum atomic E-state index is 11.9. The van der Waals surface area contributed by atoms with Gasteiger partial charge in [-0.25, -0.2) is 0 Å². The van der Waals surface area contributed by atoms with E-state index in [0.717, 1.165) is 29.2 Å². The van der Waals surface area contributed by atoms with E-state index in [1.807, 2.05) is 24.8 Å². The molecule has 0 spiro atoms. The maximum absolute atomic E-state index is 11.9. The van der Waals surface area contributed by atoms with E-state index in [0.29, 0.717) is 12.3 Å². The number of carbonyl (C=O) groups excluding carboxylic acids is 1. The molecule has 0 N–H and O–H groups in total. The predicted octanol–water partition coefficient (Wildman–Crippen LogP) is 1.98. The number of aryl methyl sites for hydroxylation is 2. The standard InChI is InChI=1S/C12H16N2OS/c1-8-3-4-13-9(2)12(8)14-6-10(7-16)5-11(14)15/h3-4,10,16H,5-7H2,1-2H3. The second-order valence-electron chi connectivity index (χ2n) is 4.32. The molecule has 0 saturated carbocycles. The van der Waals surface area contributed by atoms with Gasteiger partial charge in [-0.3, -0.25) is 9.78 Å². The van der Waals surface area contributed by atoms with E-state index in [4.69, 9.17) is 0 Å². The molecule has 0 aliphatic carbocycles. The van der Waals surface area contributed by atoms with Crippen molar-refractivity contribution in [3.63, 3.8) is 0 Å². The lowest BCUT2D eigenvalue weighted by Gasteiger charge is -2.20. The second-order valence-corrected chi connectivity index (χ2v) is 4.68. The molecule has 1 aliphatic rings. The van der Waals surface area contributed by atoms with Crippen molar-refractivity contribution >= 4 is 24.2 Å². The molecule has 1 aliphatic heterocycles. The first-order valence-corrected chi connectivity index (χ1v) is 6.10. The van der Waals surface area contributed by atoms with Crippen LogP contribution in [-0.2, 0) is 4.79 Å². The van der Waals surface area contributed by atoms with Crippen LogP contribution in [0.1, 0.15) is 17.7 Å². The van der Waals surface area contributed by atoms with Gasteiger partial charge >= 0.3 is 0 Å². The minimum absolute atomic E-state index is 0.193. The number of hydrogen-bond acceptors (Lipinski definition) is 3. The molecule has 1 fully saturated rings. The molecule has 1 saturated heterocycles. The normalized spacial score (nSPS) is 20.6. The van der Waals surface area contributed by atoms with Gasteiger partial charge in [0.15, 0.2) is 0 Å². The summed E-state index contributed by atoms with van der Waals surface area (Å²) in [7, 11) is 0. The molecule has 16 heavy (non-hydrogen) atoms. The minimum Gasteiger partial charge on any atom is -0.310 e. The highest BCUT2D eigenvalue weighted by Gasteiger charge is 2.31. The lowest BCUT2D eigenvalue weighted by molar-refractivity contribution is -0.117. The molecule has 0 radical (unpaired) electrons. The summed E-state index contributed by atoms with van der Waals surface area (Å²) in [4.78, 5) is 18.0. The van der Waals surface area contributed by atoms with Crippen molar-refractivity contribution in [2.24, 2.45) is 5.92 Å². The van der Waals surface area contributed by atoms with Gasteiger partial charge in [-0.2, -0.15) is 12.6 Å². The second kappa shape index (κ2) is 4.45. The fraction of sp³-hybridized carbons (Fsp3) is 0.500. The molecule has 1 atom stereocenters. The van der Waals surface area contributed by atoms with Crippen molar-refractivity contribution in [1.82, 2.24) is 4.98 Å². The van der Waals surface area contributed by atoms with Crippen LogP contribution >= 0.6 is 12.6 Å². The SMILES string of the molecule is Cc1ccnc(C)c1N1CC(CS)CC1=O. The quantitative estimate of drug-likeness (QED) is 0.797. The third kappa shape index (κ3) is 1.94. The first kappa shape index (κ1) is 11.5. The maximum Gasteiger partial charge on any atom is 0.227 e. The molecular weight excluding hydrogens is 220 g/mol. The molecule has 1 unspecified atom stereocenters. The molecule has 86 valence electrons. The third-order valence-corrected chi connectivity index (χ3v) is 3.56. The van der Waals surface area contributed by atoms with Crippen LogP contribution in [-0.4, -0.2) is 23.2 Å². The summed E-state index contributed by atoms with van der Waals surface area (Å²) in [5.74, 6) is 1.33. The van der Waals surface area contributed by atoms with Crippen molar-refractivity contribution < 1.29 is 4.79 Å². The summed E-state index contributed by atoms with van der Waals surface area (Å²) in [5.41, 5.74) is 3.02. The Bertz CT molecular complexity index is 399. The van der Waals surface area contributed by atoms with Gasteiger partial charge in [-0.1, -0.05) is 0 Å². The number of amides is 1. The molecule has 4 heteroatoms. The topological polar surface area (TPSA) is 33.2 Å². The summed E-state index contributed by atoms with van der Waals surface area (Å²) >= 11 is 4.27. The van der Waals surface area contributed by atoms with Gasteiger partial charge in [0.05, 0.1) is 11.4 Å². The van der Waals surface area contributed by atoms with Gasteiger partial charge in [0.2, 0.25) is 5.91 Å². The number of rotatable bonds is 2. The Balaban J connectivity index is 2.35. The number of hydrogen-bond donors (Lipinski definition) is 1. The van der Waals surface area contributed by atoms with E-state index in [-0.39, 0.29) is 5.91 Å². The Labute approximate surface area is 101 Å². The fourth-order valence-electron chi connectivity index (χ4n) is 2.21. The lowest BCUT2D eigenvalue weighted by atomic mass is 10.1. The Morgan fingerprint density at radius 3 is 2.88 bits per heavy atom. The lowest BCUT2D eigenvalue weighted by Crippen LogP contribution is -2.26. The number of anilines is 1. The van der Waals surface area contributed by atoms with E-state index >= 15 is 0 Å². The van der Waals surface area contributed by atoms with Crippen molar-refractivity contribution in [2.45, 2.75) is 20.3 Å². The minimum atomic E-state index is 0.193. The van der Waals surface area contributed by atoms with Gasteiger partial charge in [0.1, 0.15) is 0 Å². The van der Waals surface area contributed by atoms with Crippen molar-refractivity contribution in [2.75, 3.05) is 17.2 Å². The van der Waals surface area contributed by atoms with Gasteiger partial charge in [-0.15, -0.1) is 0 Å². The number of pyridine rings is 1. The van der Waals surface area contributed by atoms with Gasteiger partial charge < -0.3 is 4.90 Å². The zero-order valence-electron chi connectivity index (χ0n) is 9.60. The van der Waals surface area contributed by atoms with Gasteiger partial charge in [0.25, 0.3) is 0 Å². The number of nitrogens with zero attached hydrogens (tertiary/aromatic N) is 2. The third-order valence-electron chi connectivity index (χ3n) is 3.04. The van der Waals surface area contributed by atoms with E-state index in [2.05, 4.69) is 17.6 Å². The summed E-state index contributed by atoms with van der Waals surface area (Å²) in [6.07, 6.45) is 2.39. The predicted molar refractivity (Wildman–Crippen MR) is 68.0 cm³/mol. The van der Waals surface area contributed by atoms with Gasteiger partial charge in [0, 0.05) is 19.2 Å². The Morgan fingerprint density at radius 1 is 1.56 bits per heavy atom. The first-order chi connectivity index (χ1) is 7.63. The fourth-order valence-corrected chi connectivity index (χ4v) is 2.46. The zero-order valence-corrected chi connectivity index (χ0v) is 10.5. The highest BCUT2D eigenvalue weighted by Crippen LogP contribution is 2.29. The van der Waals surface area contributed by atoms with Crippen LogP contribution in [0.25, 0.3) is 0 Å². The number of aromatic nitrogens is 1. The van der Waals surface area contributed by atoms with Crippen molar-refractivity contribution in [3.8, 4) is 0 Å². The number of carbonyl (C=O) groups is 1. The molecule has 2 heterocycles. The summed E-state index contributed by atoms with van der Waals surface area (Å²) in [6, 6.07) is 1.95. The van der Waals surface area contributed by atoms with Crippen LogP contribution < -0.4 is 4.90 Å². The van der Waals surface area contributed by atoms with E-state index in [1.54, 1.807) is 6.20 Å². The molecule has 0 bridgehead atoms. The van der Waals surface area contributed by atoms with Crippen LogP contribution in [0.5, 0.6) is 0 Å². The average molecular weight is 236 g/mol. The van der Waals surface area contributed by atoms with Gasteiger partial charge in [-0.05, 0) is 37.1 Å².